The Hall–Kier alpha value is -1.95. The highest BCUT2D eigenvalue weighted by Crippen LogP contribution is 2.11. The Bertz CT molecular complexity index is 521. The van der Waals surface area contributed by atoms with Crippen LogP contribution >= 0.6 is 0 Å². The molecule has 1 aliphatic heterocycles. The molecular weight excluding hydrogens is 273 g/mol. The topological polar surface area (TPSA) is 62.6 Å². The third-order valence-corrected chi connectivity index (χ3v) is 3.84. The number of carbonyl (C=O) groups excluding carboxylic acids is 2. The number of anilines is 1. The molecule has 0 spiro atoms. The van der Waals surface area contributed by atoms with E-state index in [2.05, 4.69) is 17.6 Å². The maximum atomic E-state index is 13.4. The Morgan fingerprint density at radius 2 is 2.10 bits per heavy atom. The summed E-state index contributed by atoms with van der Waals surface area (Å²) in [5.41, 5.74) is 0.0569. The number of hydrogen-bond acceptors (Lipinski definition) is 2. The molecule has 1 aromatic rings. The molecule has 5 nitrogen and oxygen atoms in total. The molecular formula is C15H21FN3O2+. The number of likely N-dealkylation sites (tertiary alicyclic amines) is 1. The summed E-state index contributed by atoms with van der Waals surface area (Å²) in [7, 11) is 0. The lowest BCUT2D eigenvalue weighted by Crippen LogP contribution is -3.17. The van der Waals surface area contributed by atoms with E-state index >= 15 is 0 Å². The highest BCUT2D eigenvalue weighted by atomic mass is 19.1. The smallest absolute Gasteiger partial charge is 0.325 e. The zero-order valence-electron chi connectivity index (χ0n) is 12.1. The molecule has 114 valence electrons. The highest BCUT2D eigenvalue weighted by Gasteiger charge is 2.24. The van der Waals surface area contributed by atoms with Crippen molar-refractivity contribution in [2.75, 3.05) is 18.4 Å². The molecule has 2 rings (SSSR count). The molecule has 3 amide bonds. The molecule has 1 aromatic carbocycles. The molecule has 1 fully saturated rings. The molecule has 21 heavy (non-hydrogen) atoms. The molecule has 1 aliphatic rings. The van der Waals surface area contributed by atoms with Gasteiger partial charge in [0.15, 0.2) is 6.54 Å². The summed E-state index contributed by atoms with van der Waals surface area (Å²) < 4.78 is 13.4. The Labute approximate surface area is 123 Å². The van der Waals surface area contributed by atoms with Crippen LogP contribution in [-0.2, 0) is 4.79 Å². The molecule has 0 saturated carbocycles. The second kappa shape index (κ2) is 7.17. The summed E-state index contributed by atoms with van der Waals surface area (Å²) in [5, 5.41) is 4.58. The molecule has 1 heterocycles. The molecule has 2 atom stereocenters. The van der Waals surface area contributed by atoms with Crippen molar-refractivity contribution in [3.05, 3.63) is 30.1 Å². The predicted octanol–water partition coefficient (Wildman–Crippen LogP) is 0.931. The van der Waals surface area contributed by atoms with Crippen molar-refractivity contribution in [1.82, 2.24) is 5.32 Å². The van der Waals surface area contributed by atoms with Gasteiger partial charge in [-0.3, -0.25) is 10.1 Å². The predicted molar refractivity (Wildman–Crippen MR) is 77.6 cm³/mol. The van der Waals surface area contributed by atoms with Gasteiger partial charge in [-0.2, -0.15) is 0 Å². The summed E-state index contributed by atoms with van der Waals surface area (Å²) in [6.07, 6.45) is 3.40. The van der Waals surface area contributed by atoms with E-state index in [1.54, 1.807) is 6.07 Å². The number of rotatable bonds is 3. The number of para-hydroxylation sites is 1. The lowest BCUT2D eigenvalue weighted by Gasteiger charge is -2.29. The monoisotopic (exact) mass is 294 g/mol. The first-order chi connectivity index (χ1) is 10.1. The van der Waals surface area contributed by atoms with Gasteiger partial charge >= 0.3 is 6.03 Å². The fourth-order valence-corrected chi connectivity index (χ4v) is 2.61. The molecule has 0 aromatic heterocycles. The largest absolute Gasteiger partial charge is 0.326 e. The second-order valence-corrected chi connectivity index (χ2v) is 5.46. The average Bonchev–Trinajstić information content (AvgIpc) is 2.44. The number of piperidine rings is 1. The molecule has 0 radical (unpaired) electrons. The maximum Gasteiger partial charge on any atom is 0.326 e. The van der Waals surface area contributed by atoms with Crippen molar-refractivity contribution in [2.24, 2.45) is 0 Å². The Morgan fingerprint density at radius 3 is 2.81 bits per heavy atom. The SMILES string of the molecule is C[C@@H]1CCCC[NH+]1CC(=O)NC(=O)Nc1ccccc1F. The van der Waals surface area contributed by atoms with Gasteiger partial charge in [-0.25, -0.2) is 9.18 Å². The lowest BCUT2D eigenvalue weighted by molar-refractivity contribution is -0.920. The van der Waals surface area contributed by atoms with Gasteiger partial charge in [-0.05, 0) is 38.3 Å². The Morgan fingerprint density at radius 1 is 1.33 bits per heavy atom. The van der Waals surface area contributed by atoms with Crippen molar-refractivity contribution in [3.63, 3.8) is 0 Å². The van der Waals surface area contributed by atoms with Crippen molar-refractivity contribution >= 4 is 17.6 Å². The first-order valence-corrected chi connectivity index (χ1v) is 7.26. The lowest BCUT2D eigenvalue weighted by atomic mass is 10.0. The quantitative estimate of drug-likeness (QED) is 0.776. The molecule has 1 saturated heterocycles. The molecule has 1 unspecified atom stereocenters. The highest BCUT2D eigenvalue weighted by molar-refractivity contribution is 6.01. The minimum absolute atomic E-state index is 0.0569. The third-order valence-electron chi connectivity index (χ3n) is 3.84. The third kappa shape index (κ3) is 4.53. The van der Waals surface area contributed by atoms with Gasteiger partial charge in [-0.15, -0.1) is 0 Å². The Balaban J connectivity index is 1.82. The average molecular weight is 294 g/mol. The number of benzene rings is 1. The van der Waals surface area contributed by atoms with Crippen LogP contribution in [0, 0.1) is 5.82 Å². The van der Waals surface area contributed by atoms with Gasteiger partial charge in [-0.1, -0.05) is 12.1 Å². The van der Waals surface area contributed by atoms with Crippen LogP contribution in [0.5, 0.6) is 0 Å². The van der Waals surface area contributed by atoms with E-state index in [0.717, 1.165) is 19.4 Å². The van der Waals surface area contributed by atoms with Crippen molar-refractivity contribution in [1.29, 1.82) is 0 Å². The van der Waals surface area contributed by atoms with Crippen LogP contribution < -0.4 is 15.5 Å². The number of carbonyl (C=O) groups is 2. The summed E-state index contributed by atoms with van der Waals surface area (Å²) in [5.74, 6) is -0.872. The number of hydrogen-bond donors (Lipinski definition) is 3. The summed E-state index contributed by atoms with van der Waals surface area (Å²) in [6.45, 7) is 3.33. The van der Waals surface area contributed by atoms with Crippen LogP contribution in [0.1, 0.15) is 26.2 Å². The number of halogens is 1. The van der Waals surface area contributed by atoms with Crippen LogP contribution in [0.4, 0.5) is 14.9 Å². The van der Waals surface area contributed by atoms with E-state index in [1.165, 1.54) is 29.5 Å². The van der Waals surface area contributed by atoms with E-state index in [1.807, 2.05) is 0 Å². The standard InChI is InChI=1S/C15H20FN3O2/c1-11-6-4-5-9-19(11)10-14(20)18-15(21)17-13-8-3-2-7-12(13)16/h2-3,7-8,11H,4-6,9-10H2,1H3,(H2,17,18,20,21)/p+1/t11-/m1/s1. The van der Waals surface area contributed by atoms with Gasteiger partial charge < -0.3 is 10.2 Å². The molecule has 0 bridgehead atoms. The van der Waals surface area contributed by atoms with E-state index in [0.29, 0.717) is 6.04 Å². The Kier molecular flexibility index (Phi) is 5.27. The van der Waals surface area contributed by atoms with Gasteiger partial charge in [0.1, 0.15) is 5.82 Å². The fraction of sp³-hybridized carbons (Fsp3) is 0.467. The van der Waals surface area contributed by atoms with Gasteiger partial charge in [0.25, 0.3) is 5.91 Å². The van der Waals surface area contributed by atoms with Crippen molar-refractivity contribution < 1.29 is 18.9 Å². The minimum atomic E-state index is -0.700. The minimum Gasteiger partial charge on any atom is -0.325 e. The van der Waals surface area contributed by atoms with Gasteiger partial charge in [0.2, 0.25) is 0 Å². The second-order valence-electron chi connectivity index (χ2n) is 5.46. The molecule has 6 heteroatoms. The van der Waals surface area contributed by atoms with E-state index < -0.39 is 11.8 Å². The van der Waals surface area contributed by atoms with Gasteiger partial charge in [0.05, 0.1) is 18.3 Å². The van der Waals surface area contributed by atoms with Crippen molar-refractivity contribution in [2.45, 2.75) is 32.2 Å². The van der Waals surface area contributed by atoms with Crippen LogP contribution in [0.2, 0.25) is 0 Å². The van der Waals surface area contributed by atoms with Crippen molar-refractivity contribution in [3.8, 4) is 0 Å². The van der Waals surface area contributed by atoms with Crippen LogP contribution in [0.25, 0.3) is 0 Å². The molecule has 3 N–H and O–H groups in total. The number of imide groups is 1. The van der Waals surface area contributed by atoms with Crippen LogP contribution in [0.15, 0.2) is 24.3 Å². The summed E-state index contributed by atoms with van der Waals surface area (Å²) in [4.78, 5) is 24.7. The summed E-state index contributed by atoms with van der Waals surface area (Å²) in [6, 6.07) is 5.56. The number of quaternary nitrogens is 1. The maximum absolute atomic E-state index is 13.4. The van der Waals surface area contributed by atoms with Crippen LogP contribution in [-0.4, -0.2) is 31.1 Å². The first-order valence-electron chi connectivity index (χ1n) is 7.26. The van der Waals surface area contributed by atoms with E-state index in [-0.39, 0.29) is 18.1 Å². The number of amides is 3. The number of nitrogens with one attached hydrogen (secondary N) is 3. The zero-order valence-corrected chi connectivity index (χ0v) is 12.1. The normalized spacial score (nSPS) is 21.6. The summed E-state index contributed by atoms with van der Waals surface area (Å²) >= 11 is 0. The zero-order chi connectivity index (χ0) is 15.2. The van der Waals surface area contributed by atoms with E-state index in [9.17, 15) is 14.0 Å². The first kappa shape index (κ1) is 15.4. The van der Waals surface area contributed by atoms with Gasteiger partial charge in [0, 0.05) is 0 Å². The number of urea groups is 1. The van der Waals surface area contributed by atoms with Crippen LogP contribution in [0.3, 0.4) is 0 Å². The fourth-order valence-electron chi connectivity index (χ4n) is 2.61. The molecule has 0 aliphatic carbocycles. The van der Waals surface area contributed by atoms with E-state index in [4.69, 9.17) is 0 Å².